The first-order valence-electron chi connectivity index (χ1n) is 8.48. The minimum absolute atomic E-state index is 0.154. The van der Waals surface area contributed by atoms with Gasteiger partial charge in [0.1, 0.15) is 12.3 Å². The summed E-state index contributed by atoms with van der Waals surface area (Å²) in [6, 6.07) is 10.9. The standard InChI is InChI=1S/C19H28N2O3Si/c1-19(2,3)25(5,6)24-14-17-12-16(20-21(17)4)13-23-18(22)15-10-8-7-9-11-15/h7-12H,13-14H2,1-6H3. The molecule has 136 valence electrons. The average molecular weight is 361 g/mol. The summed E-state index contributed by atoms with van der Waals surface area (Å²) in [6.45, 7) is 11.8. The van der Waals surface area contributed by atoms with Crippen molar-refractivity contribution in [2.75, 3.05) is 0 Å². The average Bonchev–Trinajstić information content (AvgIpc) is 2.90. The second-order valence-electron chi connectivity index (χ2n) is 7.74. The quantitative estimate of drug-likeness (QED) is 0.569. The van der Waals surface area contributed by atoms with Crippen LogP contribution in [-0.2, 0) is 29.4 Å². The van der Waals surface area contributed by atoms with Gasteiger partial charge in [0.15, 0.2) is 8.32 Å². The van der Waals surface area contributed by atoms with Crippen LogP contribution in [0.4, 0.5) is 0 Å². The minimum Gasteiger partial charge on any atom is -0.456 e. The van der Waals surface area contributed by atoms with E-state index in [9.17, 15) is 4.79 Å². The van der Waals surface area contributed by atoms with Gasteiger partial charge in [0.2, 0.25) is 0 Å². The molecule has 0 N–H and O–H groups in total. The third kappa shape index (κ3) is 5.03. The number of benzene rings is 1. The SMILES string of the molecule is Cn1nc(COC(=O)c2ccccc2)cc1CO[Si](C)(C)C(C)(C)C. The highest BCUT2D eigenvalue weighted by Gasteiger charge is 2.37. The van der Waals surface area contributed by atoms with Crippen LogP contribution in [0.3, 0.4) is 0 Å². The molecule has 25 heavy (non-hydrogen) atoms. The van der Waals surface area contributed by atoms with Crippen LogP contribution in [0.2, 0.25) is 18.1 Å². The minimum atomic E-state index is -1.81. The summed E-state index contributed by atoms with van der Waals surface area (Å²) < 4.78 is 13.4. The maximum absolute atomic E-state index is 12.0. The number of nitrogens with zero attached hydrogens (tertiary/aromatic N) is 2. The van der Waals surface area contributed by atoms with E-state index < -0.39 is 8.32 Å². The van der Waals surface area contributed by atoms with Crippen LogP contribution >= 0.6 is 0 Å². The molecule has 0 amide bonds. The van der Waals surface area contributed by atoms with Crippen LogP contribution in [0.15, 0.2) is 36.4 Å². The van der Waals surface area contributed by atoms with Crippen LogP contribution in [0.25, 0.3) is 0 Å². The number of carbonyl (C=O) groups is 1. The topological polar surface area (TPSA) is 53.4 Å². The lowest BCUT2D eigenvalue weighted by molar-refractivity contribution is 0.0467. The lowest BCUT2D eigenvalue weighted by Gasteiger charge is -2.36. The maximum atomic E-state index is 12.0. The molecule has 0 bridgehead atoms. The molecule has 0 saturated heterocycles. The van der Waals surface area contributed by atoms with E-state index >= 15 is 0 Å². The predicted molar refractivity (Wildman–Crippen MR) is 101 cm³/mol. The summed E-state index contributed by atoms with van der Waals surface area (Å²) in [7, 11) is 0.0735. The van der Waals surface area contributed by atoms with Crippen LogP contribution in [-0.4, -0.2) is 24.1 Å². The molecule has 2 rings (SSSR count). The number of ether oxygens (including phenoxy) is 1. The Morgan fingerprint density at radius 2 is 1.80 bits per heavy atom. The summed E-state index contributed by atoms with van der Waals surface area (Å²) in [5.41, 5.74) is 2.25. The number of esters is 1. The van der Waals surface area contributed by atoms with Crippen molar-refractivity contribution >= 4 is 14.3 Å². The Bertz CT molecular complexity index is 718. The van der Waals surface area contributed by atoms with Gasteiger partial charge < -0.3 is 9.16 Å². The van der Waals surface area contributed by atoms with Crippen molar-refractivity contribution in [1.29, 1.82) is 0 Å². The first-order chi connectivity index (χ1) is 11.6. The molecule has 1 aromatic carbocycles. The van der Waals surface area contributed by atoms with E-state index in [1.807, 2.05) is 31.3 Å². The lowest BCUT2D eigenvalue weighted by Crippen LogP contribution is -2.40. The van der Waals surface area contributed by atoms with Crippen molar-refractivity contribution in [2.24, 2.45) is 7.05 Å². The van der Waals surface area contributed by atoms with E-state index in [1.54, 1.807) is 16.8 Å². The molecule has 5 nitrogen and oxygen atoms in total. The van der Waals surface area contributed by atoms with Gasteiger partial charge in [-0.2, -0.15) is 5.10 Å². The van der Waals surface area contributed by atoms with Gasteiger partial charge in [0.05, 0.1) is 17.9 Å². The fourth-order valence-electron chi connectivity index (χ4n) is 2.05. The first kappa shape index (κ1) is 19.4. The fraction of sp³-hybridized carbons (Fsp3) is 0.474. The number of rotatable bonds is 6. The molecule has 1 heterocycles. The highest BCUT2D eigenvalue weighted by molar-refractivity contribution is 6.74. The van der Waals surface area contributed by atoms with Crippen LogP contribution in [0.1, 0.15) is 42.5 Å². The van der Waals surface area contributed by atoms with Gasteiger partial charge in [-0.05, 0) is 36.3 Å². The fourth-order valence-corrected chi connectivity index (χ4v) is 2.99. The Morgan fingerprint density at radius 3 is 2.40 bits per heavy atom. The van der Waals surface area contributed by atoms with Crippen molar-refractivity contribution < 1.29 is 14.0 Å². The zero-order chi connectivity index (χ0) is 18.7. The van der Waals surface area contributed by atoms with E-state index in [-0.39, 0.29) is 17.6 Å². The molecule has 0 spiro atoms. The Balaban J connectivity index is 1.95. The summed E-state index contributed by atoms with van der Waals surface area (Å²) in [4.78, 5) is 12.0. The van der Waals surface area contributed by atoms with Crippen molar-refractivity contribution in [3.8, 4) is 0 Å². The zero-order valence-corrected chi connectivity index (χ0v) is 17.0. The highest BCUT2D eigenvalue weighted by atomic mass is 28.4. The van der Waals surface area contributed by atoms with Crippen molar-refractivity contribution in [3.05, 3.63) is 53.3 Å². The molecule has 1 aromatic heterocycles. The number of aromatic nitrogens is 2. The van der Waals surface area contributed by atoms with E-state index in [0.29, 0.717) is 12.2 Å². The largest absolute Gasteiger partial charge is 0.456 e. The molecule has 0 aliphatic carbocycles. The van der Waals surface area contributed by atoms with E-state index in [0.717, 1.165) is 11.4 Å². The predicted octanol–water partition coefficient (Wildman–Crippen LogP) is 4.30. The maximum Gasteiger partial charge on any atom is 0.338 e. The van der Waals surface area contributed by atoms with Crippen molar-refractivity contribution in [3.63, 3.8) is 0 Å². The number of aryl methyl sites for hydroxylation is 1. The van der Waals surface area contributed by atoms with Crippen LogP contribution in [0.5, 0.6) is 0 Å². The summed E-state index contributed by atoms with van der Waals surface area (Å²) in [6.07, 6.45) is 0. The second kappa shape index (κ2) is 7.54. The van der Waals surface area contributed by atoms with Gasteiger partial charge in [-0.1, -0.05) is 39.0 Å². The van der Waals surface area contributed by atoms with Crippen LogP contribution in [0, 0.1) is 0 Å². The highest BCUT2D eigenvalue weighted by Crippen LogP contribution is 2.37. The zero-order valence-electron chi connectivity index (χ0n) is 16.0. The van der Waals surface area contributed by atoms with E-state index in [1.165, 1.54) is 0 Å². The normalized spacial score (nSPS) is 12.2. The van der Waals surface area contributed by atoms with Gasteiger partial charge in [0, 0.05) is 7.05 Å². The van der Waals surface area contributed by atoms with Crippen molar-refractivity contribution in [2.45, 2.75) is 52.1 Å². The molecule has 0 aliphatic rings. The number of hydrogen-bond acceptors (Lipinski definition) is 4. The monoisotopic (exact) mass is 360 g/mol. The van der Waals surface area contributed by atoms with Gasteiger partial charge in [-0.3, -0.25) is 4.68 Å². The smallest absolute Gasteiger partial charge is 0.338 e. The molecule has 0 atom stereocenters. The molecule has 0 fully saturated rings. The third-order valence-electron chi connectivity index (χ3n) is 4.78. The Hall–Kier alpha value is -1.92. The van der Waals surface area contributed by atoms with Gasteiger partial charge in [-0.25, -0.2) is 4.79 Å². The summed E-state index contributed by atoms with van der Waals surface area (Å²) in [5.74, 6) is -0.342. The van der Waals surface area contributed by atoms with E-state index in [2.05, 4.69) is 39.0 Å². The lowest BCUT2D eigenvalue weighted by atomic mass is 10.2. The first-order valence-corrected chi connectivity index (χ1v) is 11.4. The van der Waals surface area contributed by atoms with Gasteiger partial charge >= 0.3 is 5.97 Å². The summed E-state index contributed by atoms with van der Waals surface area (Å²) >= 11 is 0. The Kier molecular flexibility index (Phi) is 5.85. The number of carbonyl (C=O) groups excluding carboxylic acids is 1. The summed E-state index contributed by atoms with van der Waals surface area (Å²) in [5, 5.41) is 4.58. The second-order valence-corrected chi connectivity index (χ2v) is 12.6. The molecule has 6 heteroatoms. The molecular formula is C19H28N2O3Si. The molecular weight excluding hydrogens is 332 g/mol. The van der Waals surface area contributed by atoms with Crippen molar-refractivity contribution in [1.82, 2.24) is 9.78 Å². The molecule has 0 unspecified atom stereocenters. The van der Waals surface area contributed by atoms with Gasteiger partial charge in [-0.15, -0.1) is 0 Å². The molecule has 0 saturated carbocycles. The molecule has 0 radical (unpaired) electrons. The van der Waals surface area contributed by atoms with Crippen LogP contribution < -0.4 is 0 Å². The third-order valence-corrected chi connectivity index (χ3v) is 9.25. The number of hydrogen-bond donors (Lipinski definition) is 0. The Morgan fingerprint density at radius 1 is 1.16 bits per heavy atom. The van der Waals surface area contributed by atoms with Gasteiger partial charge in [0.25, 0.3) is 0 Å². The molecule has 2 aromatic rings. The van der Waals surface area contributed by atoms with E-state index in [4.69, 9.17) is 9.16 Å². The Labute approximate surface area is 151 Å². The molecule has 0 aliphatic heterocycles.